The molecule has 1 spiro atoms. The smallest absolute Gasteiger partial charge is 0.178 e. The summed E-state index contributed by atoms with van der Waals surface area (Å²) in [6.07, 6.45) is 0. The highest BCUT2D eigenvalue weighted by Crippen LogP contribution is 2.63. The highest BCUT2D eigenvalue weighted by molar-refractivity contribution is 6.06. The van der Waals surface area contributed by atoms with Crippen molar-refractivity contribution in [2.45, 2.75) is 5.41 Å². The van der Waals surface area contributed by atoms with Crippen molar-refractivity contribution in [3.63, 3.8) is 0 Å². The van der Waals surface area contributed by atoms with Crippen LogP contribution >= 0.6 is 0 Å². The Balaban J connectivity index is 1.11. The molecule has 4 nitrogen and oxygen atoms in total. The van der Waals surface area contributed by atoms with Crippen LogP contribution in [0.3, 0.4) is 0 Å². The Morgan fingerprint density at radius 2 is 1.00 bits per heavy atom. The van der Waals surface area contributed by atoms with E-state index in [1.54, 1.807) is 0 Å². The number of hydrogen-bond donors (Lipinski definition) is 0. The molecule has 53 heavy (non-hydrogen) atoms. The molecule has 0 bridgehead atoms. The summed E-state index contributed by atoms with van der Waals surface area (Å²) >= 11 is 0. The molecule has 0 atom stereocenters. The average Bonchev–Trinajstić information content (AvgIpc) is 3.87. The summed E-state index contributed by atoms with van der Waals surface area (Å²) in [5, 5.41) is 5.49. The van der Waals surface area contributed by atoms with Crippen molar-refractivity contribution in [1.82, 2.24) is 0 Å². The fourth-order valence-electron chi connectivity index (χ4n) is 9.03. The molecule has 0 saturated carbocycles. The number of rotatable bonds is 3. The Labute approximate surface area is 304 Å². The Kier molecular flexibility index (Phi) is 5.67. The third-order valence-corrected chi connectivity index (χ3v) is 11.3. The van der Waals surface area contributed by atoms with Gasteiger partial charge >= 0.3 is 0 Å². The van der Waals surface area contributed by atoms with E-state index in [2.05, 4.69) is 163 Å². The number of para-hydroxylation sites is 2. The molecule has 0 saturated heterocycles. The van der Waals surface area contributed by atoms with E-state index in [9.17, 15) is 0 Å². The molecule has 0 amide bonds. The van der Waals surface area contributed by atoms with E-state index < -0.39 is 5.41 Å². The molecule has 3 heterocycles. The molecule has 1 aliphatic carbocycles. The molecule has 0 radical (unpaired) electrons. The molecular weight excluding hydrogens is 651 g/mol. The third kappa shape index (κ3) is 3.84. The number of anilines is 3. The second-order valence-electron chi connectivity index (χ2n) is 14.0. The van der Waals surface area contributed by atoms with Crippen molar-refractivity contribution >= 4 is 60.7 Å². The molecular formula is C49H29NO3. The van der Waals surface area contributed by atoms with Crippen molar-refractivity contribution < 1.29 is 13.6 Å². The Bertz CT molecular complexity index is 3080. The molecule has 0 fully saturated rings. The zero-order chi connectivity index (χ0) is 34.7. The first-order valence-corrected chi connectivity index (χ1v) is 18.0. The van der Waals surface area contributed by atoms with Gasteiger partial charge in [-0.1, -0.05) is 115 Å². The lowest BCUT2D eigenvalue weighted by molar-refractivity contribution is 0.389. The van der Waals surface area contributed by atoms with Gasteiger partial charge in [0.15, 0.2) is 11.5 Å². The largest absolute Gasteiger partial charge is 0.456 e. The fourth-order valence-corrected chi connectivity index (χ4v) is 9.03. The summed E-state index contributed by atoms with van der Waals surface area (Å²) < 4.78 is 20.4. The molecule has 2 aliphatic rings. The Morgan fingerprint density at radius 3 is 1.85 bits per heavy atom. The lowest BCUT2D eigenvalue weighted by atomic mass is 9.69. The maximum atomic E-state index is 7.04. The van der Waals surface area contributed by atoms with Gasteiger partial charge < -0.3 is 18.5 Å². The van der Waals surface area contributed by atoms with Crippen LogP contribution in [-0.2, 0) is 5.41 Å². The van der Waals surface area contributed by atoms with Gasteiger partial charge in [0.2, 0.25) is 0 Å². The lowest BCUT2D eigenvalue weighted by Gasteiger charge is -2.36. The average molecular weight is 680 g/mol. The first-order chi connectivity index (χ1) is 26.3. The SMILES string of the molecule is c1ccc2c(c1)Oc1c(oc3ccc(N(c4ccc5ccccc5c4)c4ccc5c(c4)oc4ccccc45)cc13)C21c2ccccc2-c2ccccc21. The third-order valence-electron chi connectivity index (χ3n) is 11.3. The second-order valence-corrected chi connectivity index (χ2v) is 14.0. The summed E-state index contributed by atoms with van der Waals surface area (Å²) in [7, 11) is 0. The van der Waals surface area contributed by atoms with Crippen molar-refractivity contribution in [3.05, 3.63) is 198 Å². The van der Waals surface area contributed by atoms with Crippen molar-refractivity contribution in [3.8, 4) is 22.6 Å². The first kappa shape index (κ1) is 28.6. The number of hydrogen-bond acceptors (Lipinski definition) is 4. The van der Waals surface area contributed by atoms with Crippen molar-refractivity contribution in [1.29, 1.82) is 0 Å². The van der Waals surface area contributed by atoms with E-state index in [0.29, 0.717) is 0 Å². The van der Waals surface area contributed by atoms with Crippen LogP contribution in [0.15, 0.2) is 185 Å². The maximum absolute atomic E-state index is 7.04. The van der Waals surface area contributed by atoms with Gasteiger partial charge in [0.25, 0.3) is 0 Å². The van der Waals surface area contributed by atoms with Crippen LogP contribution in [0.25, 0.3) is 54.8 Å². The van der Waals surface area contributed by atoms with Crippen LogP contribution in [-0.4, -0.2) is 0 Å². The maximum Gasteiger partial charge on any atom is 0.178 e. The molecule has 1 aliphatic heterocycles. The van der Waals surface area contributed by atoms with Crippen LogP contribution < -0.4 is 9.64 Å². The normalized spacial score (nSPS) is 13.6. The quantitative estimate of drug-likeness (QED) is 0.186. The van der Waals surface area contributed by atoms with Gasteiger partial charge in [0, 0.05) is 39.5 Å². The van der Waals surface area contributed by atoms with Gasteiger partial charge in [-0.25, -0.2) is 0 Å². The Hall–Kier alpha value is -7.04. The summed E-state index contributed by atoms with van der Waals surface area (Å²) in [4.78, 5) is 2.30. The number of fused-ring (bicyclic) bond motifs is 15. The molecule has 10 aromatic rings. The van der Waals surface area contributed by atoms with Crippen LogP contribution in [0.1, 0.15) is 22.5 Å². The minimum absolute atomic E-state index is 0.666. The predicted molar refractivity (Wildman–Crippen MR) is 213 cm³/mol. The molecule has 0 N–H and O–H groups in total. The van der Waals surface area contributed by atoms with E-state index >= 15 is 0 Å². The second kappa shape index (κ2) is 10.5. The summed E-state index contributed by atoms with van der Waals surface area (Å²) in [5.74, 6) is 2.39. The highest BCUT2D eigenvalue weighted by atomic mass is 16.5. The molecule has 8 aromatic carbocycles. The predicted octanol–water partition coefficient (Wildman–Crippen LogP) is 13.4. The minimum atomic E-state index is -0.666. The van der Waals surface area contributed by atoms with E-state index in [1.807, 2.05) is 18.2 Å². The van der Waals surface area contributed by atoms with Gasteiger partial charge in [-0.2, -0.15) is 0 Å². The van der Waals surface area contributed by atoms with E-state index in [0.717, 1.165) is 72.8 Å². The van der Waals surface area contributed by atoms with Crippen molar-refractivity contribution in [2.24, 2.45) is 0 Å². The van der Waals surface area contributed by atoms with Crippen LogP contribution in [0.2, 0.25) is 0 Å². The molecule has 2 aromatic heterocycles. The van der Waals surface area contributed by atoms with E-state index in [1.165, 1.54) is 33.0 Å². The summed E-state index contributed by atoms with van der Waals surface area (Å²) in [5.41, 5.74) is 10.8. The van der Waals surface area contributed by atoms with Gasteiger partial charge in [-0.3, -0.25) is 0 Å². The van der Waals surface area contributed by atoms with E-state index in [-0.39, 0.29) is 0 Å². The molecule has 0 unspecified atom stereocenters. The molecule has 12 rings (SSSR count). The van der Waals surface area contributed by atoms with Crippen LogP contribution in [0.5, 0.6) is 11.5 Å². The van der Waals surface area contributed by atoms with Crippen LogP contribution in [0.4, 0.5) is 17.1 Å². The molecule has 248 valence electrons. The summed E-state index contributed by atoms with van der Waals surface area (Å²) in [6.45, 7) is 0. The van der Waals surface area contributed by atoms with Crippen LogP contribution in [0, 0.1) is 0 Å². The number of benzene rings is 8. The number of nitrogens with zero attached hydrogens (tertiary/aromatic N) is 1. The van der Waals surface area contributed by atoms with Gasteiger partial charge in [0.1, 0.15) is 27.9 Å². The fraction of sp³-hybridized carbons (Fsp3) is 0.0204. The van der Waals surface area contributed by atoms with Gasteiger partial charge in [-0.15, -0.1) is 0 Å². The molecule has 4 heteroatoms. The van der Waals surface area contributed by atoms with Gasteiger partial charge in [0.05, 0.1) is 5.39 Å². The zero-order valence-electron chi connectivity index (χ0n) is 28.4. The summed E-state index contributed by atoms with van der Waals surface area (Å²) in [6, 6.07) is 62.1. The number of ether oxygens (including phenoxy) is 1. The van der Waals surface area contributed by atoms with E-state index in [4.69, 9.17) is 13.6 Å². The topological polar surface area (TPSA) is 38.8 Å². The zero-order valence-corrected chi connectivity index (χ0v) is 28.4. The first-order valence-electron chi connectivity index (χ1n) is 18.0. The standard InChI is InChI=1S/C49H29NO3/c1-2-12-31-27-32(22-21-30(31)11-1)50(34-23-25-38-37-15-5-9-19-43(37)51-46(38)29-34)33-24-26-44-39(28-33)47-48(53-44)49(42-18-8-10-20-45(42)52-47)40-16-6-3-13-35(40)36-14-4-7-17-41(36)49/h1-29H. The number of furan rings is 2. The lowest BCUT2D eigenvalue weighted by Crippen LogP contribution is -2.31. The highest BCUT2D eigenvalue weighted by Gasteiger charge is 2.54. The minimum Gasteiger partial charge on any atom is -0.456 e. The van der Waals surface area contributed by atoms with Crippen molar-refractivity contribution in [2.75, 3.05) is 4.90 Å². The Morgan fingerprint density at radius 1 is 0.396 bits per heavy atom. The monoisotopic (exact) mass is 679 g/mol. The van der Waals surface area contributed by atoms with Gasteiger partial charge in [-0.05, 0) is 87.6 Å².